The second kappa shape index (κ2) is 5.07. The van der Waals surface area contributed by atoms with Crippen molar-refractivity contribution < 1.29 is 4.74 Å². The van der Waals surface area contributed by atoms with Gasteiger partial charge in [0.05, 0.1) is 0 Å². The molecule has 0 aliphatic carbocycles. The van der Waals surface area contributed by atoms with Crippen molar-refractivity contribution in [2.45, 2.75) is 32.2 Å². The van der Waals surface area contributed by atoms with Crippen LogP contribution in [0.25, 0.3) is 0 Å². The van der Waals surface area contributed by atoms with Crippen molar-refractivity contribution in [2.24, 2.45) is 0 Å². The summed E-state index contributed by atoms with van der Waals surface area (Å²) in [4.78, 5) is 8.30. The summed E-state index contributed by atoms with van der Waals surface area (Å²) in [6.07, 6.45) is 7.04. The van der Waals surface area contributed by atoms with Crippen LogP contribution in [-0.2, 0) is 6.42 Å². The van der Waals surface area contributed by atoms with Gasteiger partial charge in [0.1, 0.15) is 6.61 Å². The molecule has 0 radical (unpaired) electrons. The van der Waals surface area contributed by atoms with E-state index in [1.165, 1.54) is 12.8 Å². The average Bonchev–Trinajstić information content (AvgIpc) is 2.80. The minimum Gasteiger partial charge on any atom is -0.462 e. The molecule has 2 heterocycles. The van der Waals surface area contributed by atoms with Crippen LogP contribution in [0.3, 0.4) is 0 Å². The molecule has 4 nitrogen and oxygen atoms in total. The van der Waals surface area contributed by atoms with Crippen LogP contribution in [0.15, 0.2) is 12.4 Å². The third kappa shape index (κ3) is 2.89. The minimum absolute atomic E-state index is 0.472. The number of hydrogen-bond donors (Lipinski definition) is 1. The summed E-state index contributed by atoms with van der Waals surface area (Å²) in [6.45, 7) is 3.86. The van der Waals surface area contributed by atoms with Crippen LogP contribution in [0.5, 0.6) is 6.01 Å². The van der Waals surface area contributed by atoms with Crippen LogP contribution in [-0.4, -0.2) is 29.2 Å². The van der Waals surface area contributed by atoms with Gasteiger partial charge in [-0.3, -0.25) is 0 Å². The molecule has 0 saturated carbocycles. The Morgan fingerprint density at radius 3 is 2.87 bits per heavy atom. The molecule has 82 valence electrons. The Bertz CT molecular complexity index is 293. The molecule has 1 aliphatic rings. The van der Waals surface area contributed by atoms with Gasteiger partial charge < -0.3 is 10.1 Å². The van der Waals surface area contributed by atoms with Gasteiger partial charge in [0.25, 0.3) is 0 Å². The highest BCUT2D eigenvalue weighted by molar-refractivity contribution is 5.06. The van der Waals surface area contributed by atoms with Crippen LogP contribution in [0, 0.1) is 0 Å². The Labute approximate surface area is 90.1 Å². The zero-order valence-corrected chi connectivity index (χ0v) is 9.07. The summed E-state index contributed by atoms with van der Waals surface area (Å²) >= 11 is 0. The van der Waals surface area contributed by atoms with Crippen molar-refractivity contribution in [3.05, 3.63) is 18.0 Å². The molecule has 1 N–H and O–H groups in total. The number of aromatic nitrogens is 2. The van der Waals surface area contributed by atoms with Crippen LogP contribution < -0.4 is 10.1 Å². The highest BCUT2D eigenvalue weighted by Gasteiger charge is 2.14. The van der Waals surface area contributed by atoms with E-state index in [4.69, 9.17) is 4.74 Å². The van der Waals surface area contributed by atoms with Crippen molar-refractivity contribution in [1.82, 2.24) is 15.3 Å². The average molecular weight is 207 g/mol. The monoisotopic (exact) mass is 207 g/mol. The number of nitrogens with zero attached hydrogens (tertiary/aromatic N) is 2. The number of rotatable bonds is 4. The van der Waals surface area contributed by atoms with Gasteiger partial charge in [-0.2, -0.15) is 0 Å². The lowest BCUT2D eigenvalue weighted by molar-refractivity contribution is 0.257. The molecule has 1 saturated heterocycles. The summed E-state index contributed by atoms with van der Waals surface area (Å²) in [5.41, 5.74) is 1.14. The fourth-order valence-electron chi connectivity index (χ4n) is 1.67. The highest BCUT2D eigenvalue weighted by atomic mass is 16.5. The fraction of sp³-hybridized carbons (Fsp3) is 0.636. The minimum atomic E-state index is 0.472. The number of nitrogens with one attached hydrogen (secondary N) is 1. The molecule has 1 aromatic rings. The van der Waals surface area contributed by atoms with E-state index in [0.29, 0.717) is 18.7 Å². The predicted octanol–water partition coefficient (Wildman–Crippen LogP) is 1.17. The van der Waals surface area contributed by atoms with Gasteiger partial charge in [0.2, 0.25) is 0 Å². The first kappa shape index (κ1) is 10.4. The standard InChI is InChI=1S/C11H17N3O/c1-2-9-6-13-11(14-7-9)15-8-10-4-3-5-12-10/h6-7,10,12H,2-5,8H2,1H3/t10-/m0/s1. The third-order valence-electron chi connectivity index (χ3n) is 2.67. The molecule has 0 bridgehead atoms. The van der Waals surface area contributed by atoms with E-state index >= 15 is 0 Å². The zero-order valence-electron chi connectivity index (χ0n) is 9.07. The summed E-state index contributed by atoms with van der Waals surface area (Å²) in [5.74, 6) is 0. The lowest BCUT2D eigenvalue weighted by Crippen LogP contribution is -2.28. The molecule has 1 fully saturated rings. The van der Waals surface area contributed by atoms with E-state index < -0.39 is 0 Å². The first-order valence-corrected chi connectivity index (χ1v) is 5.55. The van der Waals surface area contributed by atoms with E-state index in [0.717, 1.165) is 18.5 Å². The highest BCUT2D eigenvalue weighted by Crippen LogP contribution is 2.08. The summed E-state index contributed by atoms with van der Waals surface area (Å²) < 4.78 is 5.50. The van der Waals surface area contributed by atoms with Gasteiger partial charge in [0.15, 0.2) is 0 Å². The van der Waals surface area contributed by atoms with Gasteiger partial charge in [-0.05, 0) is 31.4 Å². The van der Waals surface area contributed by atoms with E-state index in [1.54, 1.807) is 0 Å². The number of hydrogen-bond acceptors (Lipinski definition) is 4. The Morgan fingerprint density at radius 1 is 1.47 bits per heavy atom. The topological polar surface area (TPSA) is 47.0 Å². The van der Waals surface area contributed by atoms with Crippen molar-refractivity contribution in [1.29, 1.82) is 0 Å². The van der Waals surface area contributed by atoms with Crippen LogP contribution >= 0.6 is 0 Å². The number of aryl methyl sites for hydroxylation is 1. The summed E-state index contributed by atoms with van der Waals surface area (Å²) in [7, 11) is 0. The molecule has 1 aliphatic heterocycles. The maximum Gasteiger partial charge on any atom is 0.316 e. The summed E-state index contributed by atoms with van der Waals surface area (Å²) in [5, 5.41) is 3.37. The second-order valence-electron chi connectivity index (χ2n) is 3.83. The Balaban J connectivity index is 1.82. The third-order valence-corrected chi connectivity index (χ3v) is 2.67. The normalized spacial score (nSPS) is 20.5. The smallest absolute Gasteiger partial charge is 0.316 e. The molecule has 1 aromatic heterocycles. The molecule has 2 rings (SSSR count). The maximum absolute atomic E-state index is 5.50. The molecular weight excluding hydrogens is 190 g/mol. The SMILES string of the molecule is CCc1cnc(OC[C@@H]2CCCN2)nc1. The Morgan fingerprint density at radius 2 is 2.27 bits per heavy atom. The lowest BCUT2D eigenvalue weighted by Gasteiger charge is -2.10. The predicted molar refractivity (Wildman–Crippen MR) is 57.9 cm³/mol. The maximum atomic E-state index is 5.50. The van der Waals surface area contributed by atoms with Gasteiger partial charge >= 0.3 is 6.01 Å². The van der Waals surface area contributed by atoms with E-state index in [2.05, 4.69) is 22.2 Å². The molecule has 0 unspecified atom stereocenters. The molecule has 0 spiro atoms. The van der Waals surface area contributed by atoms with Crippen molar-refractivity contribution >= 4 is 0 Å². The van der Waals surface area contributed by atoms with E-state index in [-0.39, 0.29) is 0 Å². The van der Waals surface area contributed by atoms with Crippen molar-refractivity contribution in [3.8, 4) is 6.01 Å². The van der Waals surface area contributed by atoms with Crippen molar-refractivity contribution in [3.63, 3.8) is 0 Å². The first-order valence-electron chi connectivity index (χ1n) is 5.55. The van der Waals surface area contributed by atoms with Crippen LogP contribution in [0.2, 0.25) is 0 Å². The molecule has 15 heavy (non-hydrogen) atoms. The molecule has 0 aromatic carbocycles. The summed E-state index contributed by atoms with van der Waals surface area (Å²) in [6, 6.07) is 0.959. The van der Waals surface area contributed by atoms with Gasteiger partial charge in [-0.25, -0.2) is 9.97 Å². The number of ether oxygens (including phenoxy) is 1. The van der Waals surface area contributed by atoms with Gasteiger partial charge in [0, 0.05) is 18.4 Å². The largest absolute Gasteiger partial charge is 0.462 e. The van der Waals surface area contributed by atoms with Gasteiger partial charge in [-0.15, -0.1) is 0 Å². The second-order valence-corrected chi connectivity index (χ2v) is 3.83. The fourth-order valence-corrected chi connectivity index (χ4v) is 1.67. The molecule has 0 amide bonds. The van der Waals surface area contributed by atoms with E-state index in [9.17, 15) is 0 Å². The molecule has 4 heteroatoms. The first-order chi connectivity index (χ1) is 7.38. The van der Waals surface area contributed by atoms with E-state index in [1.807, 2.05) is 12.4 Å². The lowest BCUT2D eigenvalue weighted by atomic mass is 10.2. The van der Waals surface area contributed by atoms with Gasteiger partial charge in [-0.1, -0.05) is 6.92 Å². The van der Waals surface area contributed by atoms with Crippen LogP contribution in [0.4, 0.5) is 0 Å². The Kier molecular flexibility index (Phi) is 3.50. The molecular formula is C11H17N3O. The molecule has 1 atom stereocenters. The quantitative estimate of drug-likeness (QED) is 0.805. The van der Waals surface area contributed by atoms with Crippen molar-refractivity contribution in [2.75, 3.05) is 13.2 Å². The Hall–Kier alpha value is -1.16. The zero-order chi connectivity index (χ0) is 10.5. The van der Waals surface area contributed by atoms with Crippen LogP contribution in [0.1, 0.15) is 25.3 Å².